The van der Waals surface area contributed by atoms with Gasteiger partial charge in [-0.15, -0.1) is 5.10 Å². The second-order valence-corrected chi connectivity index (χ2v) is 9.70. The molecule has 8 heteroatoms. The van der Waals surface area contributed by atoms with Crippen LogP contribution < -0.4 is 5.73 Å². The molecule has 0 amide bonds. The number of nitrogens with two attached hydrogens (primary N) is 1. The molecule has 0 saturated heterocycles. The molecule has 29 heavy (non-hydrogen) atoms. The molecule has 150 valence electrons. The monoisotopic (exact) mass is 410 g/mol. The summed E-state index contributed by atoms with van der Waals surface area (Å²) in [5.74, 6) is 2.67. The molecule has 2 aromatic heterocycles. The molecule has 0 spiro atoms. The van der Waals surface area contributed by atoms with E-state index >= 15 is 0 Å². The molecular formula is C21H23ClN6O. The predicted molar refractivity (Wildman–Crippen MR) is 108 cm³/mol. The Morgan fingerprint density at radius 3 is 2.72 bits per heavy atom. The van der Waals surface area contributed by atoms with Crippen molar-refractivity contribution in [3.63, 3.8) is 0 Å². The molecule has 7 rings (SSSR count). The third kappa shape index (κ3) is 2.49. The number of nitrogen functional groups attached to an aromatic ring is 1. The molecule has 2 atom stereocenters. The highest BCUT2D eigenvalue weighted by atomic mass is 35.5. The molecule has 2 heterocycles. The minimum absolute atomic E-state index is 0.0497. The molecule has 4 aliphatic rings. The van der Waals surface area contributed by atoms with E-state index < -0.39 is 0 Å². The maximum atomic E-state index is 6.08. The van der Waals surface area contributed by atoms with Crippen LogP contribution in [0.5, 0.6) is 0 Å². The summed E-state index contributed by atoms with van der Waals surface area (Å²) in [6.45, 7) is 1.99. The van der Waals surface area contributed by atoms with Crippen molar-refractivity contribution in [3.8, 4) is 11.4 Å². The Morgan fingerprint density at radius 1 is 1.21 bits per heavy atom. The summed E-state index contributed by atoms with van der Waals surface area (Å²) in [6, 6.07) is 5.83. The highest BCUT2D eigenvalue weighted by Gasteiger charge is 2.61. The third-order valence-electron chi connectivity index (χ3n) is 7.48. The van der Waals surface area contributed by atoms with Crippen molar-refractivity contribution in [2.75, 3.05) is 5.73 Å². The zero-order valence-corrected chi connectivity index (χ0v) is 17.1. The van der Waals surface area contributed by atoms with E-state index in [2.05, 4.69) is 15.2 Å². The van der Waals surface area contributed by atoms with Gasteiger partial charge in [-0.3, -0.25) is 0 Å². The first-order chi connectivity index (χ1) is 14.0. The summed E-state index contributed by atoms with van der Waals surface area (Å²) in [5.41, 5.74) is 8.60. The molecule has 0 aliphatic heterocycles. The van der Waals surface area contributed by atoms with E-state index in [1.165, 1.54) is 6.42 Å². The molecule has 3 aromatic rings. The van der Waals surface area contributed by atoms with Gasteiger partial charge < -0.3 is 10.3 Å². The van der Waals surface area contributed by atoms with Crippen LogP contribution in [0, 0.1) is 18.8 Å². The van der Waals surface area contributed by atoms with E-state index in [1.54, 1.807) is 6.33 Å². The normalized spacial score (nSPS) is 32.8. The van der Waals surface area contributed by atoms with Gasteiger partial charge in [0.15, 0.2) is 0 Å². The fraction of sp³-hybridized carbons (Fsp3) is 0.524. The summed E-state index contributed by atoms with van der Waals surface area (Å²) in [6.07, 6.45) is 8.47. The zero-order chi connectivity index (χ0) is 19.8. The highest BCUT2D eigenvalue weighted by molar-refractivity contribution is 6.28. The number of rotatable bonds is 3. The quantitative estimate of drug-likeness (QED) is 0.652. The molecule has 0 radical (unpaired) electrons. The number of anilines is 1. The van der Waals surface area contributed by atoms with Crippen LogP contribution in [0.2, 0.25) is 5.28 Å². The van der Waals surface area contributed by atoms with Gasteiger partial charge in [-0.25, -0.2) is 9.67 Å². The SMILES string of the molecule is Cc1c(N)cccc1-c1noc(C23CC4CC(C2)CC(n2cnc(Cl)n2)(C4)C3)n1. The lowest BCUT2D eigenvalue weighted by molar-refractivity contribution is -0.0786. The predicted octanol–water partition coefficient (Wildman–Crippen LogP) is 4.12. The van der Waals surface area contributed by atoms with Gasteiger partial charge in [-0.2, -0.15) is 4.98 Å². The Balaban J connectivity index is 1.41. The van der Waals surface area contributed by atoms with Crippen molar-refractivity contribution < 1.29 is 4.52 Å². The summed E-state index contributed by atoms with van der Waals surface area (Å²) < 4.78 is 7.93. The number of hydrogen-bond donors (Lipinski definition) is 1. The fourth-order valence-corrected chi connectivity index (χ4v) is 6.77. The van der Waals surface area contributed by atoms with Crippen molar-refractivity contribution in [3.05, 3.63) is 41.3 Å². The van der Waals surface area contributed by atoms with Gasteiger partial charge in [0, 0.05) is 11.3 Å². The van der Waals surface area contributed by atoms with Gasteiger partial charge in [0.1, 0.15) is 6.33 Å². The van der Waals surface area contributed by atoms with Crippen LogP contribution in [0.4, 0.5) is 5.69 Å². The van der Waals surface area contributed by atoms with Gasteiger partial charge in [-0.05, 0) is 80.5 Å². The van der Waals surface area contributed by atoms with Gasteiger partial charge >= 0.3 is 0 Å². The molecule has 2 unspecified atom stereocenters. The maximum absolute atomic E-state index is 6.08. The number of nitrogens with zero attached hydrogens (tertiary/aromatic N) is 5. The Morgan fingerprint density at radius 2 is 2.00 bits per heavy atom. The molecule has 2 N–H and O–H groups in total. The number of benzene rings is 1. The topological polar surface area (TPSA) is 95.7 Å². The molecule has 1 aromatic carbocycles. The third-order valence-corrected chi connectivity index (χ3v) is 7.65. The van der Waals surface area contributed by atoms with Crippen molar-refractivity contribution in [1.82, 2.24) is 24.9 Å². The maximum Gasteiger partial charge on any atom is 0.242 e. The largest absolute Gasteiger partial charge is 0.398 e. The van der Waals surface area contributed by atoms with Crippen LogP contribution in [0.25, 0.3) is 11.4 Å². The van der Waals surface area contributed by atoms with Crippen LogP contribution in [0.15, 0.2) is 29.0 Å². The first-order valence-corrected chi connectivity index (χ1v) is 10.6. The lowest BCUT2D eigenvalue weighted by Crippen LogP contribution is -2.58. The lowest BCUT2D eigenvalue weighted by Gasteiger charge is -2.60. The molecular weight excluding hydrogens is 388 g/mol. The summed E-state index contributed by atoms with van der Waals surface area (Å²) in [4.78, 5) is 9.08. The molecule has 7 nitrogen and oxygen atoms in total. The van der Waals surface area contributed by atoms with E-state index in [1.807, 2.05) is 29.8 Å². The van der Waals surface area contributed by atoms with E-state index in [4.69, 9.17) is 26.8 Å². The molecule has 4 aliphatic carbocycles. The van der Waals surface area contributed by atoms with Crippen molar-refractivity contribution in [2.45, 2.75) is 56.4 Å². The Labute approximate surface area is 173 Å². The highest BCUT2D eigenvalue weighted by Crippen LogP contribution is 2.64. The van der Waals surface area contributed by atoms with E-state index in [0.29, 0.717) is 22.9 Å². The van der Waals surface area contributed by atoms with E-state index in [9.17, 15) is 0 Å². The average molecular weight is 411 g/mol. The first-order valence-electron chi connectivity index (χ1n) is 10.2. The van der Waals surface area contributed by atoms with Gasteiger partial charge in [-0.1, -0.05) is 17.3 Å². The zero-order valence-electron chi connectivity index (χ0n) is 16.3. The van der Waals surface area contributed by atoms with Gasteiger partial charge in [0.25, 0.3) is 0 Å². The standard InChI is InChI=1S/C21H23ClN6O/c1-12-15(3-2-4-16(12)23)17-25-18(29-27-17)20-6-13-5-14(7-20)9-21(8-13,10-20)28-11-24-19(22)26-28/h2-4,11,13-14H,5-10,23H2,1H3. The lowest BCUT2D eigenvalue weighted by atomic mass is 9.47. The Bertz CT molecular complexity index is 1090. The fourth-order valence-electron chi connectivity index (χ4n) is 6.65. The van der Waals surface area contributed by atoms with Crippen LogP contribution in [0.1, 0.15) is 50.0 Å². The van der Waals surface area contributed by atoms with Crippen molar-refractivity contribution in [2.24, 2.45) is 11.8 Å². The molecule has 4 fully saturated rings. The second kappa shape index (κ2) is 5.81. The van der Waals surface area contributed by atoms with Crippen molar-refractivity contribution >= 4 is 17.3 Å². The summed E-state index contributed by atoms with van der Waals surface area (Å²) in [5, 5.41) is 9.15. The number of aromatic nitrogens is 5. The second-order valence-electron chi connectivity index (χ2n) is 9.37. The van der Waals surface area contributed by atoms with Crippen LogP contribution in [-0.2, 0) is 11.0 Å². The number of halogens is 1. The first kappa shape index (κ1) is 17.4. The van der Waals surface area contributed by atoms with E-state index in [-0.39, 0.29) is 11.0 Å². The summed E-state index contributed by atoms with van der Waals surface area (Å²) >= 11 is 6.06. The summed E-state index contributed by atoms with van der Waals surface area (Å²) in [7, 11) is 0. The molecule has 4 saturated carbocycles. The van der Waals surface area contributed by atoms with Gasteiger partial charge in [0.05, 0.1) is 11.0 Å². The molecule has 4 bridgehead atoms. The Kier molecular flexibility index (Phi) is 3.50. The number of hydrogen-bond acceptors (Lipinski definition) is 6. The van der Waals surface area contributed by atoms with Crippen LogP contribution in [-0.4, -0.2) is 24.9 Å². The minimum Gasteiger partial charge on any atom is -0.398 e. The smallest absolute Gasteiger partial charge is 0.242 e. The Hall–Kier alpha value is -2.41. The minimum atomic E-state index is -0.0952. The van der Waals surface area contributed by atoms with E-state index in [0.717, 1.165) is 54.8 Å². The van der Waals surface area contributed by atoms with Gasteiger partial charge in [0.2, 0.25) is 17.0 Å². The van der Waals surface area contributed by atoms with Crippen LogP contribution in [0.3, 0.4) is 0 Å². The van der Waals surface area contributed by atoms with Crippen molar-refractivity contribution in [1.29, 1.82) is 0 Å². The average Bonchev–Trinajstić information content (AvgIpc) is 3.33. The van der Waals surface area contributed by atoms with Crippen LogP contribution >= 0.6 is 11.6 Å².